The van der Waals surface area contributed by atoms with Crippen molar-refractivity contribution in [3.63, 3.8) is 0 Å². The normalized spacial score (nSPS) is 11.5. The summed E-state index contributed by atoms with van der Waals surface area (Å²) in [5.41, 5.74) is 4.75. The summed E-state index contributed by atoms with van der Waals surface area (Å²) >= 11 is 1.76. The molecule has 0 aliphatic rings. The summed E-state index contributed by atoms with van der Waals surface area (Å²) in [5, 5.41) is 10.4. The average Bonchev–Trinajstić information content (AvgIpc) is 3.33. The van der Waals surface area contributed by atoms with Crippen LogP contribution in [0.1, 0.15) is 32.8 Å². The number of anilines is 2. The van der Waals surface area contributed by atoms with Gasteiger partial charge in [0.2, 0.25) is 0 Å². The first kappa shape index (κ1) is 20.8. The van der Waals surface area contributed by atoms with Gasteiger partial charge >= 0.3 is 0 Å². The monoisotopic (exact) mass is 382 g/mol. The second kappa shape index (κ2) is 11.2. The molecule has 0 radical (unpaired) electrons. The molecule has 1 aromatic carbocycles. The molecule has 0 fully saturated rings. The fourth-order valence-electron chi connectivity index (χ4n) is 2.72. The van der Waals surface area contributed by atoms with Gasteiger partial charge in [-0.15, -0.1) is 11.3 Å². The Hall–Kier alpha value is -2.53. The molecule has 0 atom stereocenters. The summed E-state index contributed by atoms with van der Waals surface area (Å²) in [4.78, 5) is 8.59. The molecule has 0 spiro atoms. The molecule has 5 heteroatoms. The molecular formula is C22H30N4S. The van der Waals surface area contributed by atoms with Crippen molar-refractivity contribution >= 4 is 39.1 Å². The molecule has 3 aromatic rings. The number of aromatic nitrogens is 1. The zero-order valence-corrected chi connectivity index (χ0v) is 17.5. The first-order chi connectivity index (χ1) is 13.3. The van der Waals surface area contributed by atoms with Crippen molar-refractivity contribution in [2.45, 2.75) is 33.6 Å². The quantitative estimate of drug-likeness (QED) is 0.399. The summed E-state index contributed by atoms with van der Waals surface area (Å²) in [5.74, 6) is 0. The van der Waals surface area contributed by atoms with Gasteiger partial charge in [-0.3, -0.25) is 4.99 Å². The number of allylic oxidation sites excluding steroid dienone is 2. The molecular weight excluding hydrogens is 352 g/mol. The number of thiophene rings is 1. The van der Waals surface area contributed by atoms with Crippen LogP contribution >= 0.6 is 11.3 Å². The fraction of sp³-hybridized carbons (Fsp3) is 0.318. The number of rotatable bonds is 8. The predicted octanol–water partition coefficient (Wildman–Crippen LogP) is 6.32. The van der Waals surface area contributed by atoms with Crippen molar-refractivity contribution in [2.75, 3.05) is 24.2 Å². The minimum Gasteiger partial charge on any atom is -0.385 e. The molecule has 2 aromatic heterocycles. The summed E-state index contributed by atoms with van der Waals surface area (Å²) in [6, 6.07) is 10.6. The van der Waals surface area contributed by atoms with E-state index in [4.69, 9.17) is 0 Å². The Morgan fingerprint density at radius 2 is 1.89 bits per heavy atom. The molecule has 144 valence electrons. The van der Waals surface area contributed by atoms with Crippen LogP contribution in [-0.2, 0) is 6.42 Å². The number of nitrogens with one attached hydrogen (secondary N) is 3. The van der Waals surface area contributed by atoms with Gasteiger partial charge in [0.25, 0.3) is 0 Å². The Balaban J connectivity index is 0.00000126. The average molecular weight is 383 g/mol. The third kappa shape index (κ3) is 6.00. The zero-order chi connectivity index (χ0) is 19.5. The van der Waals surface area contributed by atoms with Crippen molar-refractivity contribution in [1.82, 2.24) is 4.98 Å². The maximum absolute atomic E-state index is 4.00. The number of hydrogen-bond donors (Lipinski definition) is 3. The van der Waals surface area contributed by atoms with E-state index >= 15 is 0 Å². The fourth-order valence-corrected chi connectivity index (χ4v) is 3.52. The van der Waals surface area contributed by atoms with E-state index in [1.54, 1.807) is 18.4 Å². The van der Waals surface area contributed by atoms with Gasteiger partial charge in [0.1, 0.15) is 0 Å². The summed E-state index contributed by atoms with van der Waals surface area (Å²) in [6.07, 6.45) is 7.89. The first-order valence-corrected chi connectivity index (χ1v) is 10.4. The minimum atomic E-state index is 0.919. The highest BCUT2D eigenvalue weighted by atomic mass is 32.1. The zero-order valence-electron chi connectivity index (χ0n) is 16.7. The van der Waals surface area contributed by atoms with Gasteiger partial charge in [-0.1, -0.05) is 20.8 Å². The second-order valence-electron chi connectivity index (χ2n) is 5.81. The lowest BCUT2D eigenvalue weighted by molar-refractivity contribution is 1.03. The number of hydrogen-bond acceptors (Lipinski definition) is 4. The van der Waals surface area contributed by atoms with Crippen molar-refractivity contribution in [1.29, 1.82) is 0 Å². The van der Waals surface area contributed by atoms with Gasteiger partial charge in [-0.2, -0.15) is 0 Å². The Kier molecular flexibility index (Phi) is 8.65. The molecule has 3 N–H and O–H groups in total. The van der Waals surface area contributed by atoms with Crippen LogP contribution in [0.5, 0.6) is 0 Å². The van der Waals surface area contributed by atoms with Gasteiger partial charge in [0, 0.05) is 48.5 Å². The lowest BCUT2D eigenvalue weighted by atomic mass is 10.2. The van der Waals surface area contributed by atoms with Crippen LogP contribution in [0, 0.1) is 0 Å². The molecule has 0 amide bonds. The Bertz CT molecular complexity index is 856. The molecule has 0 aliphatic carbocycles. The van der Waals surface area contributed by atoms with Crippen LogP contribution in [0.25, 0.3) is 10.2 Å². The number of H-pyrrole nitrogens is 1. The van der Waals surface area contributed by atoms with E-state index in [1.165, 1.54) is 15.8 Å². The van der Waals surface area contributed by atoms with E-state index in [2.05, 4.69) is 69.4 Å². The smallest absolute Gasteiger partial charge is 0.0999 e. The van der Waals surface area contributed by atoms with Gasteiger partial charge in [-0.25, -0.2) is 0 Å². The Morgan fingerprint density at radius 3 is 2.59 bits per heavy atom. The van der Waals surface area contributed by atoms with E-state index in [0.29, 0.717) is 0 Å². The van der Waals surface area contributed by atoms with Gasteiger partial charge in [0.05, 0.1) is 4.83 Å². The summed E-state index contributed by atoms with van der Waals surface area (Å²) < 4.78 is 0. The number of nitrogens with zero attached hydrogens (tertiary/aromatic N) is 1. The largest absolute Gasteiger partial charge is 0.385 e. The maximum atomic E-state index is 4.00. The number of aliphatic imine (C=N–C) groups is 1. The van der Waals surface area contributed by atoms with Crippen LogP contribution in [0.15, 0.2) is 58.7 Å². The van der Waals surface area contributed by atoms with E-state index in [0.717, 1.165) is 36.5 Å². The van der Waals surface area contributed by atoms with E-state index in [1.807, 2.05) is 26.1 Å². The predicted molar refractivity (Wildman–Crippen MR) is 123 cm³/mol. The highest BCUT2D eigenvalue weighted by Gasteiger charge is 2.04. The van der Waals surface area contributed by atoms with Crippen molar-refractivity contribution in [3.05, 3.63) is 59.2 Å². The molecule has 2 heterocycles. The van der Waals surface area contributed by atoms with Gasteiger partial charge in [0.15, 0.2) is 0 Å². The summed E-state index contributed by atoms with van der Waals surface area (Å²) in [7, 11) is 1.78. The SMILES string of the molecule is CC.CC/C(=C\C=NC)Nc1ccc(NCCc2c[nH]c3sccc23)cc1. The molecule has 0 unspecified atom stereocenters. The lowest BCUT2D eigenvalue weighted by Crippen LogP contribution is -2.04. The molecule has 3 rings (SSSR count). The lowest BCUT2D eigenvalue weighted by Gasteiger charge is -2.10. The highest BCUT2D eigenvalue weighted by Crippen LogP contribution is 2.23. The van der Waals surface area contributed by atoms with E-state index < -0.39 is 0 Å². The van der Waals surface area contributed by atoms with Gasteiger partial charge in [-0.05, 0) is 60.2 Å². The molecule has 27 heavy (non-hydrogen) atoms. The van der Waals surface area contributed by atoms with Crippen LogP contribution in [0.3, 0.4) is 0 Å². The Morgan fingerprint density at radius 1 is 1.15 bits per heavy atom. The standard InChI is InChI=1S/C20H24N4S.C2H6/c1-3-16(9-11-21-2)24-18-6-4-17(5-7-18)22-12-8-15-14-23-20-19(15)10-13-25-20;1-2/h4-7,9-11,13-14,22-24H,3,8,12H2,1-2H3;1-2H3/b16-9+,21-11?;. The number of fused-ring (bicyclic) bond motifs is 1. The molecule has 0 saturated carbocycles. The highest BCUT2D eigenvalue weighted by molar-refractivity contribution is 7.16. The molecule has 4 nitrogen and oxygen atoms in total. The topological polar surface area (TPSA) is 52.2 Å². The minimum absolute atomic E-state index is 0.919. The number of aromatic amines is 1. The van der Waals surface area contributed by atoms with Gasteiger partial charge < -0.3 is 15.6 Å². The molecule has 0 saturated heterocycles. The Labute approximate surface area is 166 Å². The van der Waals surface area contributed by atoms with Crippen molar-refractivity contribution in [3.8, 4) is 0 Å². The van der Waals surface area contributed by atoms with Crippen LogP contribution in [0.2, 0.25) is 0 Å². The van der Waals surface area contributed by atoms with Crippen LogP contribution in [-0.4, -0.2) is 24.8 Å². The number of benzene rings is 1. The molecule has 0 aliphatic heterocycles. The van der Waals surface area contributed by atoms with Crippen LogP contribution in [0.4, 0.5) is 11.4 Å². The van der Waals surface area contributed by atoms with Crippen LogP contribution < -0.4 is 10.6 Å². The third-order valence-electron chi connectivity index (χ3n) is 4.11. The maximum Gasteiger partial charge on any atom is 0.0999 e. The molecule has 0 bridgehead atoms. The van der Waals surface area contributed by atoms with E-state index in [-0.39, 0.29) is 0 Å². The second-order valence-corrected chi connectivity index (χ2v) is 6.73. The summed E-state index contributed by atoms with van der Waals surface area (Å²) in [6.45, 7) is 7.05. The third-order valence-corrected chi connectivity index (χ3v) is 4.95. The van der Waals surface area contributed by atoms with Crippen molar-refractivity contribution < 1.29 is 0 Å². The first-order valence-electron chi connectivity index (χ1n) is 9.56. The van der Waals surface area contributed by atoms with Crippen molar-refractivity contribution in [2.24, 2.45) is 4.99 Å². The van der Waals surface area contributed by atoms with E-state index in [9.17, 15) is 0 Å².